The van der Waals surface area contributed by atoms with Crippen molar-refractivity contribution in [1.82, 2.24) is 4.98 Å². The van der Waals surface area contributed by atoms with E-state index in [1.165, 1.54) is 13.8 Å². The second-order valence-electron chi connectivity index (χ2n) is 5.95. The van der Waals surface area contributed by atoms with Gasteiger partial charge in [0.15, 0.2) is 11.9 Å². The predicted octanol–water partition coefficient (Wildman–Crippen LogP) is 3.03. The third kappa shape index (κ3) is 4.11. The van der Waals surface area contributed by atoms with Gasteiger partial charge in [0, 0.05) is 16.9 Å². The molecule has 7 heteroatoms. The van der Waals surface area contributed by atoms with Crippen molar-refractivity contribution in [2.24, 2.45) is 0 Å². The van der Waals surface area contributed by atoms with Crippen molar-refractivity contribution in [2.45, 2.75) is 33.8 Å². The third-order valence-electron chi connectivity index (χ3n) is 4.00. The largest absolute Gasteiger partial charge is 0.497 e. The Kier molecular flexibility index (Phi) is 5.82. The van der Waals surface area contributed by atoms with Crippen LogP contribution in [0.2, 0.25) is 0 Å². The van der Waals surface area contributed by atoms with Gasteiger partial charge in [-0.05, 0) is 57.5 Å². The van der Waals surface area contributed by atoms with Crippen molar-refractivity contribution >= 4 is 23.3 Å². The van der Waals surface area contributed by atoms with Crippen LogP contribution in [0.4, 0.5) is 5.69 Å². The molecule has 0 fully saturated rings. The fourth-order valence-electron chi connectivity index (χ4n) is 2.67. The lowest BCUT2D eigenvalue weighted by atomic mass is 10.1. The molecule has 1 heterocycles. The number of H-pyrrole nitrogens is 1. The summed E-state index contributed by atoms with van der Waals surface area (Å²) < 4.78 is 10.3. The Balaban J connectivity index is 2.05. The molecule has 2 rings (SSSR count). The minimum absolute atomic E-state index is 0.138. The highest BCUT2D eigenvalue weighted by atomic mass is 16.5. The lowest BCUT2D eigenvalue weighted by Gasteiger charge is -2.13. The van der Waals surface area contributed by atoms with Gasteiger partial charge in [-0.3, -0.25) is 9.59 Å². The van der Waals surface area contributed by atoms with E-state index in [0.717, 1.165) is 0 Å². The molecule has 26 heavy (non-hydrogen) atoms. The summed E-state index contributed by atoms with van der Waals surface area (Å²) in [6.07, 6.45) is -1.01. The van der Waals surface area contributed by atoms with Crippen LogP contribution in [0.5, 0.6) is 5.75 Å². The van der Waals surface area contributed by atoms with E-state index in [1.807, 2.05) is 0 Å². The van der Waals surface area contributed by atoms with E-state index in [0.29, 0.717) is 28.3 Å². The Labute approximate surface area is 151 Å². The van der Waals surface area contributed by atoms with E-state index in [4.69, 9.17) is 9.47 Å². The van der Waals surface area contributed by atoms with Crippen LogP contribution in [0, 0.1) is 13.8 Å². The van der Waals surface area contributed by atoms with Crippen molar-refractivity contribution in [3.63, 3.8) is 0 Å². The van der Waals surface area contributed by atoms with Crippen LogP contribution in [-0.4, -0.2) is 35.9 Å². The molecule has 1 atom stereocenters. The van der Waals surface area contributed by atoms with Gasteiger partial charge in [0.25, 0.3) is 5.91 Å². The maximum atomic E-state index is 12.3. The van der Waals surface area contributed by atoms with Crippen LogP contribution in [0.3, 0.4) is 0 Å². The van der Waals surface area contributed by atoms with Crippen LogP contribution in [0.25, 0.3) is 0 Å². The number of methoxy groups -OCH3 is 1. The Morgan fingerprint density at radius 3 is 2.23 bits per heavy atom. The number of amides is 1. The Morgan fingerprint density at radius 2 is 1.73 bits per heavy atom. The molecular weight excluding hydrogens is 336 g/mol. The second kappa shape index (κ2) is 7.86. The second-order valence-corrected chi connectivity index (χ2v) is 5.95. The number of aromatic nitrogens is 1. The van der Waals surface area contributed by atoms with E-state index in [-0.39, 0.29) is 11.5 Å². The molecule has 1 aromatic carbocycles. The topological polar surface area (TPSA) is 97.5 Å². The summed E-state index contributed by atoms with van der Waals surface area (Å²) >= 11 is 0. The maximum absolute atomic E-state index is 12.3. The Morgan fingerprint density at radius 1 is 1.12 bits per heavy atom. The highest BCUT2D eigenvalue weighted by Crippen LogP contribution is 2.20. The zero-order chi connectivity index (χ0) is 19.4. The van der Waals surface area contributed by atoms with Gasteiger partial charge < -0.3 is 19.8 Å². The van der Waals surface area contributed by atoms with Crippen LogP contribution in [0.15, 0.2) is 24.3 Å². The average molecular weight is 358 g/mol. The quantitative estimate of drug-likeness (QED) is 0.611. The molecule has 0 saturated carbocycles. The number of anilines is 1. The Hall–Kier alpha value is -3.09. The third-order valence-corrected chi connectivity index (χ3v) is 4.00. The van der Waals surface area contributed by atoms with Crippen molar-refractivity contribution in [2.75, 3.05) is 12.4 Å². The SMILES string of the molecule is COc1ccc(NC(=O)[C@@H](C)OC(=O)c2[nH]c(C)c(C(C)=O)c2C)cc1. The maximum Gasteiger partial charge on any atom is 0.355 e. The van der Waals surface area contributed by atoms with Gasteiger partial charge in [-0.1, -0.05) is 0 Å². The highest BCUT2D eigenvalue weighted by molar-refractivity contribution is 6.02. The molecule has 0 aliphatic rings. The summed E-state index contributed by atoms with van der Waals surface area (Å²) in [6.45, 7) is 6.29. The molecule has 0 spiro atoms. The number of hydrogen-bond donors (Lipinski definition) is 2. The molecule has 0 aliphatic heterocycles. The number of ketones is 1. The zero-order valence-corrected chi connectivity index (χ0v) is 15.4. The lowest BCUT2D eigenvalue weighted by Crippen LogP contribution is -2.30. The van der Waals surface area contributed by atoms with Crippen LogP contribution in [-0.2, 0) is 9.53 Å². The average Bonchev–Trinajstić information content (AvgIpc) is 2.90. The van der Waals surface area contributed by atoms with Gasteiger partial charge in [-0.2, -0.15) is 0 Å². The number of aromatic amines is 1. The van der Waals surface area contributed by atoms with E-state index < -0.39 is 18.0 Å². The monoisotopic (exact) mass is 358 g/mol. The number of esters is 1. The van der Waals surface area contributed by atoms with E-state index in [2.05, 4.69) is 10.3 Å². The van der Waals surface area contributed by atoms with Crippen molar-refractivity contribution in [1.29, 1.82) is 0 Å². The first-order valence-electron chi connectivity index (χ1n) is 8.10. The summed E-state index contributed by atoms with van der Waals surface area (Å²) in [7, 11) is 1.55. The molecule has 2 aromatic rings. The first kappa shape index (κ1) is 19.2. The first-order valence-corrected chi connectivity index (χ1v) is 8.10. The van der Waals surface area contributed by atoms with Gasteiger partial charge in [-0.15, -0.1) is 0 Å². The molecule has 138 valence electrons. The number of benzene rings is 1. The normalized spacial score (nSPS) is 11.6. The molecule has 0 unspecified atom stereocenters. The minimum Gasteiger partial charge on any atom is -0.497 e. The van der Waals surface area contributed by atoms with Crippen molar-refractivity contribution in [3.05, 3.63) is 46.8 Å². The number of rotatable bonds is 6. The fraction of sp³-hybridized carbons (Fsp3) is 0.316. The molecule has 0 saturated heterocycles. The summed E-state index contributed by atoms with van der Waals surface area (Å²) in [5.41, 5.74) is 2.31. The number of carbonyl (C=O) groups excluding carboxylic acids is 3. The van der Waals surface area contributed by atoms with Gasteiger partial charge >= 0.3 is 5.97 Å². The highest BCUT2D eigenvalue weighted by Gasteiger charge is 2.24. The lowest BCUT2D eigenvalue weighted by molar-refractivity contribution is -0.123. The predicted molar refractivity (Wildman–Crippen MR) is 96.8 cm³/mol. The molecule has 0 radical (unpaired) electrons. The number of nitrogens with one attached hydrogen (secondary N) is 2. The molecule has 1 aromatic heterocycles. The number of carbonyl (C=O) groups is 3. The van der Waals surface area contributed by atoms with Gasteiger partial charge in [0.05, 0.1) is 7.11 Å². The summed E-state index contributed by atoms with van der Waals surface area (Å²) in [4.78, 5) is 39.1. The van der Waals surface area contributed by atoms with Crippen LogP contribution in [0.1, 0.15) is 46.0 Å². The first-order chi connectivity index (χ1) is 12.2. The standard InChI is InChI=1S/C19H22N2O5/c1-10-16(12(3)22)11(2)20-17(10)19(24)26-13(4)18(23)21-14-6-8-15(25-5)9-7-14/h6-9,13,20H,1-5H3,(H,21,23)/t13-/m1/s1. The van der Waals surface area contributed by atoms with Crippen LogP contribution >= 0.6 is 0 Å². The number of Topliss-reactive ketones (excluding diaryl/α,β-unsaturated/α-hetero) is 1. The molecule has 2 N–H and O–H groups in total. The molecule has 1 amide bonds. The fourth-order valence-corrected chi connectivity index (χ4v) is 2.67. The van der Waals surface area contributed by atoms with Crippen molar-refractivity contribution in [3.8, 4) is 5.75 Å². The number of ether oxygens (including phenoxy) is 2. The zero-order valence-electron chi connectivity index (χ0n) is 15.4. The minimum atomic E-state index is -1.01. The molecule has 7 nitrogen and oxygen atoms in total. The number of aryl methyl sites for hydroxylation is 1. The summed E-state index contributed by atoms with van der Waals surface area (Å²) in [5.74, 6) is -0.617. The molecule has 0 bridgehead atoms. The van der Waals surface area contributed by atoms with Crippen LogP contribution < -0.4 is 10.1 Å². The number of hydrogen-bond acceptors (Lipinski definition) is 5. The Bertz CT molecular complexity index is 836. The smallest absolute Gasteiger partial charge is 0.355 e. The van der Waals surface area contributed by atoms with E-state index in [1.54, 1.807) is 45.2 Å². The molecular formula is C19H22N2O5. The van der Waals surface area contributed by atoms with E-state index >= 15 is 0 Å². The van der Waals surface area contributed by atoms with Gasteiger partial charge in [-0.25, -0.2) is 4.79 Å². The summed E-state index contributed by atoms with van der Waals surface area (Å²) in [6, 6.07) is 6.78. The van der Waals surface area contributed by atoms with Gasteiger partial charge in [0.2, 0.25) is 0 Å². The van der Waals surface area contributed by atoms with Crippen molar-refractivity contribution < 1.29 is 23.9 Å². The van der Waals surface area contributed by atoms with E-state index in [9.17, 15) is 14.4 Å². The molecule has 0 aliphatic carbocycles. The summed E-state index contributed by atoms with van der Waals surface area (Å²) in [5, 5.41) is 2.66. The van der Waals surface area contributed by atoms with Gasteiger partial charge in [0.1, 0.15) is 11.4 Å².